The molecule has 2 N–H and O–H groups in total. The number of hydrogen-bond acceptors (Lipinski definition) is 3. The number of alkyl carbamates (subject to hydrolysis) is 1. The number of carbonyl (C=O) groups is 1. The van der Waals surface area contributed by atoms with Crippen LogP contribution in [0.25, 0.3) is 11.1 Å². The molecule has 0 aromatic heterocycles. The van der Waals surface area contributed by atoms with Crippen LogP contribution in [0, 0.1) is 0 Å². The smallest absolute Gasteiger partial charge is 0.407 e. The van der Waals surface area contributed by atoms with Gasteiger partial charge in [-0.1, -0.05) is 72.3 Å². The number of aliphatic hydroxyl groups is 1. The zero-order chi connectivity index (χ0) is 19.5. The second-order valence-corrected chi connectivity index (χ2v) is 7.20. The van der Waals surface area contributed by atoms with Crippen LogP contribution in [0.15, 0.2) is 72.8 Å². The van der Waals surface area contributed by atoms with Gasteiger partial charge in [-0.15, -0.1) is 0 Å². The fraction of sp³-hybridized carbons (Fsp3) is 0.174. The molecule has 3 aromatic carbocycles. The Kier molecular flexibility index (Phi) is 5.33. The van der Waals surface area contributed by atoms with Gasteiger partial charge in [0.2, 0.25) is 0 Å². The van der Waals surface area contributed by atoms with E-state index in [0.29, 0.717) is 5.02 Å². The molecule has 1 atom stereocenters. The average Bonchev–Trinajstić information content (AvgIpc) is 3.04. The van der Waals surface area contributed by atoms with Crippen molar-refractivity contribution in [2.45, 2.75) is 12.0 Å². The highest BCUT2D eigenvalue weighted by atomic mass is 35.5. The van der Waals surface area contributed by atoms with Gasteiger partial charge in [0, 0.05) is 10.9 Å². The Hall–Kier alpha value is -2.82. The first kappa shape index (κ1) is 18.5. The van der Waals surface area contributed by atoms with E-state index in [4.69, 9.17) is 16.3 Å². The SMILES string of the molecule is O=C(N[C@@H](CO)c1cccc(Cl)c1)OCC1c2ccccc2-c2ccccc21. The van der Waals surface area contributed by atoms with Crippen LogP contribution in [0.1, 0.15) is 28.7 Å². The number of ether oxygens (including phenoxy) is 1. The van der Waals surface area contributed by atoms with E-state index >= 15 is 0 Å². The van der Waals surface area contributed by atoms with Crippen molar-refractivity contribution < 1.29 is 14.6 Å². The van der Waals surface area contributed by atoms with Crippen molar-refractivity contribution in [3.05, 3.63) is 94.5 Å². The largest absolute Gasteiger partial charge is 0.449 e. The van der Waals surface area contributed by atoms with Gasteiger partial charge in [-0.2, -0.15) is 0 Å². The molecule has 0 unspecified atom stereocenters. The summed E-state index contributed by atoms with van der Waals surface area (Å²) >= 11 is 6.00. The predicted octanol–water partition coefficient (Wildman–Crippen LogP) is 4.91. The van der Waals surface area contributed by atoms with Gasteiger partial charge in [-0.3, -0.25) is 0 Å². The van der Waals surface area contributed by atoms with Crippen LogP contribution in [0.3, 0.4) is 0 Å². The molecule has 0 spiro atoms. The fourth-order valence-electron chi connectivity index (χ4n) is 3.74. The molecule has 1 aliphatic carbocycles. The van der Waals surface area contributed by atoms with E-state index in [1.165, 1.54) is 11.1 Å². The van der Waals surface area contributed by atoms with Gasteiger partial charge in [0.25, 0.3) is 0 Å². The molecular weight excluding hydrogens is 374 g/mol. The summed E-state index contributed by atoms with van der Waals surface area (Å²) in [7, 11) is 0. The van der Waals surface area contributed by atoms with Crippen molar-refractivity contribution in [3.63, 3.8) is 0 Å². The van der Waals surface area contributed by atoms with Crippen LogP contribution < -0.4 is 5.32 Å². The molecule has 1 aliphatic rings. The van der Waals surface area contributed by atoms with Crippen molar-refractivity contribution in [2.75, 3.05) is 13.2 Å². The van der Waals surface area contributed by atoms with Crippen LogP contribution in [0.4, 0.5) is 4.79 Å². The van der Waals surface area contributed by atoms with E-state index in [0.717, 1.165) is 16.7 Å². The van der Waals surface area contributed by atoms with Gasteiger partial charge < -0.3 is 15.2 Å². The molecule has 0 fully saturated rings. The number of carbonyl (C=O) groups excluding carboxylic acids is 1. The van der Waals surface area contributed by atoms with Gasteiger partial charge in [0.05, 0.1) is 12.6 Å². The first-order valence-electron chi connectivity index (χ1n) is 9.15. The Morgan fingerprint density at radius 3 is 2.25 bits per heavy atom. The minimum absolute atomic E-state index is 0.00287. The first-order chi connectivity index (χ1) is 13.7. The number of nitrogens with one attached hydrogen (secondary N) is 1. The Morgan fingerprint density at radius 1 is 1.00 bits per heavy atom. The molecular formula is C23H20ClNO3. The van der Waals surface area contributed by atoms with Crippen molar-refractivity contribution in [1.82, 2.24) is 5.32 Å². The molecule has 0 aliphatic heterocycles. The maximum Gasteiger partial charge on any atom is 0.407 e. The highest BCUT2D eigenvalue weighted by molar-refractivity contribution is 6.30. The quantitative estimate of drug-likeness (QED) is 0.647. The van der Waals surface area contributed by atoms with Crippen molar-refractivity contribution >= 4 is 17.7 Å². The predicted molar refractivity (Wildman–Crippen MR) is 109 cm³/mol. The molecule has 0 saturated carbocycles. The lowest BCUT2D eigenvalue weighted by Crippen LogP contribution is -2.32. The normalized spacial score (nSPS) is 13.5. The van der Waals surface area contributed by atoms with Gasteiger partial charge in [0.1, 0.15) is 6.61 Å². The Balaban J connectivity index is 1.46. The summed E-state index contributed by atoms with van der Waals surface area (Å²) in [6, 6.07) is 22.8. The minimum atomic E-state index is -0.575. The lowest BCUT2D eigenvalue weighted by atomic mass is 9.98. The van der Waals surface area contributed by atoms with Crippen LogP contribution in [-0.2, 0) is 4.74 Å². The monoisotopic (exact) mass is 393 g/mol. The highest BCUT2D eigenvalue weighted by Gasteiger charge is 2.29. The van der Waals surface area contributed by atoms with E-state index in [-0.39, 0.29) is 19.1 Å². The Bertz CT molecular complexity index is 959. The highest BCUT2D eigenvalue weighted by Crippen LogP contribution is 2.44. The first-order valence-corrected chi connectivity index (χ1v) is 9.53. The van der Waals surface area contributed by atoms with Crippen LogP contribution in [0.5, 0.6) is 0 Å². The molecule has 4 nitrogen and oxygen atoms in total. The summed E-state index contributed by atoms with van der Waals surface area (Å²) < 4.78 is 5.53. The van der Waals surface area contributed by atoms with Gasteiger partial charge >= 0.3 is 6.09 Å². The molecule has 4 rings (SSSR count). The van der Waals surface area contributed by atoms with Crippen molar-refractivity contribution in [2.24, 2.45) is 0 Å². The molecule has 0 heterocycles. The van der Waals surface area contributed by atoms with E-state index in [2.05, 4.69) is 29.6 Å². The molecule has 28 heavy (non-hydrogen) atoms. The van der Waals surface area contributed by atoms with Gasteiger partial charge in [-0.05, 0) is 39.9 Å². The molecule has 5 heteroatoms. The summed E-state index contributed by atoms with van der Waals surface area (Å²) in [6.45, 7) is -0.0158. The summed E-state index contributed by atoms with van der Waals surface area (Å²) in [4.78, 5) is 12.4. The fourth-order valence-corrected chi connectivity index (χ4v) is 3.94. The van der Waals surface area contributed by atoms with Crippen molar-refractivity contribution in [1.29, 1.82) is 0 Å². The Morgan fingerprint density at radius 2 is 1.64 bits per heavy atom. The van der Waals surface area contributed by atoms with Crippen LogP contribution in [0.2, 0.25) is 5.02 Å². The zero-order valence-electron chi connectivity index (χ0n) is 15.1. The third-order valence-corrected chi connectivity index (χ3v) is 5.30. The van der Waals surface area contributed by atoms with E-state index < -0.39 is 12.1 Å². The van der Waals surface area contributed by atoms with Crippen molar-refractivity contribution in [3.8, 4) is 11.1 Å². The third-order valence-electron chi connectivity index (χ3n) is 5.07. The summed E-state index contributed by atoms with van der Waals surface area (Å²) in [5.41, 5.74) is 5.40. The standard InChI is InChI=1S/C23H20ClNO3/c24-16-7-5-6-15(12-16)22(13-26)25-23(27)28-14-21-19-10-3-1-8-17(19)18-9-2-4-11-20(18)21/h1-12,21-22,26H,13-14H2,(H,25,27)/t22-/m0/s1. The number of rotatable bonds is 5. The molecule has 0 bridgehead atoms. The summed E-state index contributed by atoms with van der Waals surface area (Å²) in [5, 5.41) is 12.9. The maximum absolute atomic E-state index is 12.4. The maximum atomic E-state index is 12.4. The number of benzene rings is 3. The topological polar surface area (TPSA) is 58.6 Å². The van der Waals surface area contributed by atoms with Gasteiger partial charge in [-0.25, -0.2) is 4.79 Å². The van der Waals surface area contributed by atoms with Gasteiger partial charge in [0.15, 0.2) is 0 Å². The molecule has 142 valence electrons. The third kappa shape index (κ3) is 3.61. The van der Waals surface area contributed by atoms with Crippen LogP contribution >= 0.6 is 11.6 Å². The minimum Gasteiger partial charge on any atom is -0.449 e. The summed E-state index contributed by atoms with van der Waals surface area (Å²) in [6.07, 6.45) is -0.569. The second kappa shape index (κ2) is 8.05. The molecule has 1 amide bonds. The molecule has 3 aromatic rings. The summed E-state index contributed by atoms with van der Waals surface area (Å²) in [5.74, 6) is -0.00287. The average molecular weight is 394 g/mol. The second-order valence-electron chi connectivity index (χ2n) is 6.76. The van der Waals surface area contributed by atoms with Crippen LogP contribution in [-0.4, -0.2) is 24.4 Å². The number of hydrogen-bond donors (Lipinski definition) is 2. The Labute approximate surface area is 168 Å². The molecule has 0 saturated heterocycles. The molecule has 0 radical (unpaired) electrons. The van der Waals surface area contributed by atoms with E-state index in [1.807, 2.05) is 24.3 Å². The number of aliphatic hydroxyl groups excluding tert-OH is 1. The lowest BCUT2D eigenvalue weighted by molar-refractivity contribution is 0.132. The lowest BCUT2D eigenvalue weighted by Gasteiger charge is -2.19. The number of amides is 1. The number of fused-ring (bicyclic) bond motifs is 3. The van der Waals surface area contributed by atoms with E-state index in [1.54, 1.807) is 24.3 Å². The zero-order valence-corrected chi connectivity index (χ0v) is 15.9. The van der Waals surface area contributed by atoms with E-state index in [9.17, 15) is 9.90 Å². The number of halogens is 1.